The van der Waals surface area contributed by atoms with Gasteiger partial charge in [0, 0.05) is 0 Å². The normalized spacial score (nSPS) is 33.3. The third-order valence-corrected chi connectivity index (χ3v) is 8.26. The first kappa shape index (κ1) is 24.2. The molecule has 0 bridgehead atoms. The van der Waals surface area contributed by atoms with Crippen LogP contribution in [0.5, 0.6) is 0 Å². The van der Waals surface area contributed by atoms with Gasteiger partial charge >= 0.3 is 11.9 Å². The van der Waals surface area contributed by atoms with E-state index < -0.39 is 17.8 Å². The van der Waals surface area contributed by atoms with E-state index in [2.05, 4.69) is 34.6 Å². The van der Waals surface area contributed by atoms with Crippen LogP contribution in [0.2, 0.25) is 0 Å². The van der Waals surface area contributed by atoms with Crippen molar-refractivity contribution in [3.8, 4) is 0 Å². The van der Waals surface area contributed by atoms with E-state index in [0.717, 1.165) is 19.3 Å². The first-order chi connectivity index (χ1) is 13.6. The van der Waals surface area contributed by atoms with Gasteiger partial charge in [0.05, 0.1) is 18.4 Å². The highest BCUT2D eigenvalue weighted by molar-refractivity contribution is 5.81. The van der Waals surface area contributed by atoms with Crippen molar-refractivity contribution < 1.29 is 19.4 Å². The third kappa shape index (κ3) is 6.21. The molecule has 5 atom stereocenters. The van der Waals surface area contributed by atoms with E-state index in [4.69, 9.17) is 4.74 Å². The molecule has 1 N–H and O–H groups in total. The zero-order chi connectivity index (χ0) is 21.7. The standard InChI is InChI=1S/C25H44O4/c1-6-7-8-11-18-16-25(5,24(2,3)4)15-14-19(18)17-29-23(28)21-13-10-9-12-20(21)22(26)27/h18-21H,6-17H2,1-5H3,(H,26,27). The summed E-state index contributed by atoms with van der Waals surface area (Å²) in [4.78, 5) is 24.3. The lowest BCUT2D eigenvalue weighted by Gasteiger charge is -2.50. The van der Waals surface area contributed by atoms with Gasteiger partial charge in [-0.05, 0) is 54.8 Å². The number of carbonyl (C=O) groups is 2. The molecule has 29 heavy (non-hydrogen) atoms. The lowest BCUT2D eigenvalue weighted by atomic mass is 9.55. The molecule has 0 aromatic carbocycles. The molecular formula is C25H44O4. The fourth-order valence-corrected chi connectivity index (χ4v) is 5.49. The van der Waals surface area contributed by atoms with E-state index in [1.54, 1.807) is 0 Å². The van der Waals surface area contributed by atoms with Crippen molar-refractivity contribution in [3.05, 3.63) is 0 Å². The molecule has 0 spiro atoms. The van der Waals surface area contributed by atoms with Gasteiger partial charge in [-0.2, -0.15) is 0 Å². The van der Waals surface area contributed by atoms with E-state index >= 15 is 0 Å². The molecule has 5 unspecified atom stereocenters. The number of esters is 1. The number of hydrogen-bond acceptors (Lipinski definition) is 3. The Bertz CT molecular complexity index is 550. The van der Waals surface area contributed by atoms with E-state index in [0.29, 0.717) is 36.7 Å². The zero-order valence-electron chi connectivity index (χ0n) is 19.5. The van der Waals surface area contributed by atoms with Crippen LogP contribution in [0.25, 0.3) is 0 Å². The molecule has 2 aliphatic carbocycles. The Labute approximate surface area is 178 Å². The molecule has 0 saturated heterocycles. The van der Waals surface area contributed by atoms with Gasteiger partial charge < -0.3 is 9.84 Å². The van der Waals surface area contributed by atoms with Gasteiger partial charge in [0.1, 0.15) is 0 Å². The minimum Gasteiger partial charge on any atom is -0.481 e. The maximum absolute atomic E-state index is 12.7. The molecule has 2 saturated carbocycles. The van der Waals surface area contributed by atoms with Gasteiger partial charge in [-0.3, -0.25) is 9.59 Å². The Morgan fingerprint density at radius 2 is 1.69 bits per heavy atom. The zero-order valence-corrected chi connectivity index (χ0v) is 19.5. The lowest BCUT2D eigenvalue weighted by molar-refractivity contribution is -0.162. The smallest absolute Gasteiger partial charge is 0.309 e. The fourth-order valence-electron chi connectivity index (χ4n) is 5.49. The van der Waals surface area contributed by atoms with Crippen molar-refractivity contribution in [2.45, 2.75) is 105 Å². The predicted octanol–water partition coefficient (Wildman–Crippen LogP) is 6.47. The van der Waals surface area contributed by atoms with Gasteiger partial charge in [0.2, 0.25) is 0 Å². The predicted molar refractivity (Wildman–Crippen MR) is 117 cm³/mol. The molecule has 0 aromatic rings. The van der Waals surface area contributed by atoms with E-state index in [9.17, 15) is 14.7 Å². The average Bonchev–Trinajstić information content (AvgIpc) is 2.66. The lowest BCUT2D eigenvalue weighted by Crippen LogP contribution is -2.42. The molecule has 0 heterocycles. The summed E-state index contributed by atoms with van der Waals surface area (Å²) < 4.78 is 5.79. The molecule has 4 heteroatoms. The second-order valence-electron chi connectivity index (χ2n) is 11.0. The van der Waals surface area contributed by atoms with Crippen molar-refractivity contribution >= 4 is 11.9 Å². The van der Waals surface area contributed by atoms with Crippen LogP contribution in [0.3, 0.4) is 0 Å². The fraction of sp³-hybridized carbons (Fsp3) is 0.920. The second-order valence-corrected chi connectivity index (χ2v) is 11.0. The summed E-state index contributed by atoms with van der Waals surface area (Å²) >= 11 is 0. The topological polar surface area (TPSA) is 63.6 Å². The van der Waals surface area contributed by atoms with Crippen LogP contribution in [0.4, 0.5) is 0 Å². The number of rotatable bonds is 8. The molecule has 0 radical (unpaired) electrons. The largest absolute Gasteiger partial charge is 0.481 e. The summed E-state index contributed by atoms with van der Waals surface area (Å²) in [6.07, 6.45) is 11.5. The molecule has 2 rings (SSSR count). The molecule has 0 aliphatic heterocycles. The Balaban J connectivity index is 1.99. The van der Waals surface area contributed by atoms with Gasteiger partial charge in [0.15, 0.2) is 0 Å². The van der Waals surface area contributed by atoms with Crippen LogP contribution in [-0.4, -0.2) is 23.7 Å². The Hall–Kier alpha value is -1.06. The van der Waals surface area contributed by atoms with Gasteiger partial charge in [-0.15, -0.1) is 0 Å². The SMILES string of the molecule is CCCCCC1CC(C)(C(C)(C)C)CCC1COC(=O)C1CCCCC1C(=O)O. The van der Waals surface area contributed by atoms with Crippen LogP contribution in [0.15, 0.2) is 0 Å². The first-order valence-electron chi connectivity index (χ1n) is 12.0. The van der Waals surface area contributed by atoms with Crippen LogP contribution in [-0.2, 0) is 14.3 Å². The number of carboxylic acids is 1. The summed E-state index contributed by atoms with van der Waals surface area (Å²) in [6.45, 7) is 12.2. The van der Waals surface area contributed by atoms with Crippen molar-refractivity contribution in [1.29, 1.82) is 0 Å². The quantitative estimate of drug-likeness (QED) is 0.369. The summed E-state index contributed by atoms with van der Waals surface area (Å²) in [5.41, 5.74) is 0.594. The van der Waals surface area contributed by atoms with Crippen molar-refractivity contribution in [2.75, 3.05) is 6.61 Å². The highest BCUT2D eigenvalue weighted by atomic mass is 16.5. The molecule has 0 amide bonds. The Morgan fingerprint density at radius 1 is 1.03 bits per heavy atom. The summed E-state index contributed by atoms with van der Waals surface area (Å²) in [6, 6.07) is 0. The maximum atomic E-state index is 12.7. The molecule has 2 fully saturated rings. The minimum absolute atomic E-state index is 0.270. The number of unbranched alkanes of at least 4 members (excludes halogenated alkanes) is 2. The number of carbonyl (C=O) groups excluding carboxylic acids is 1. The van der Waals surface area contributed by atoms with Gasteiger partial charge in [0.25, 0.3) is 0 Å². The monoisotopic (exact) mass is 408 g/mol. The van der Waals surface area contributed by atoms with Crippen LogP contribution < -0.4 is 0 Å². The van der Waals surface area contributed by atoms with E-state index in [-0.39, 0.29) is 11.4 Å². The first-order valence-corrected chi connectivity index (χ1v) is 12.0. The van der Waals surface area contributed by atoms with E-state index in [1.807, 2.05) is 0 Å². The van der Waals surface area contributed by atoms with Crippen molar-refractivity contribution in [2.24, 2.45) is 34.5 Å². The van der Waals surface area contributed by atoms with Gasteiger partial charge in [-0.25, -0.2) is 0 Å². The summed E-state index contributed by atoms with van der Waals surface area (Å²) in [5.74, 6) is -1.13. The number of hydrogen-bond donors (Lipinski definition) is 1. The molecular weight excluding hydrogens is 364 g/mol. The molecule has 2 aliphatic rings. The minimum atomic E-state index is -0.845. The highest BCUT2D eigenvalue weighted by Crippen LogP contribution is 2.53. The molecule has 4 nitrogen and oxygen atoms in total. The van der Waals surface area contributed by atoms with Crippen LogP contribution in [0, 0.1) is 34.5 Å². The third-order valence-electron chi connectivity index (χ3n) is 8.26. The van der Waals surface area contributed by atoms with Crippen LogP contribution in [0.1, 0.15) is 105 Å². The number of carboxylic acid groups (broad SMARTS) is 1. The van der Waals surface area contributed by atoms with Gasteiger partial charge in [-0.1, -0.05) is 73.1 Å². The highest BCUT2D eigenvalue weighted by Gasteiger charge is 2.45. The Morgan fingerprint density at radius 3 is 2.28 bits per heavy atom. The molecule has 0 aromatic heterocycles. The number of aliphatic carboxylic acids is 1. The van der Waals surface area contributed by atoms with Crippen molar-refractivity contribution in [1.82, 2.24) is 0 Å². The number of ether oxygens (including phenoxy) is 1. The summed E-state index contributed by atoms with van der Waals surface area (Å²) in [5, 5.41) is 9.46. The maximum Gasteiger partial charge on any atom is 0.309 e. The second kappa shape index (κ2) is 10.3. The molecule has 168 valence electrons. The Kier molecular flexibility index (Phi) is 8.60. The van der Waals surface area contributed by atoms with E-state index in [1.165, 1.54) is 38.5 Å². The van der Waals surface area contributed by atoms with Crippen molar-refractivity contribution in [3.63, 3.8) is 0 Å². The average molecular weight is 409 g/mol. The van der Waals surface area contributed by atoms with Crippen LogP contribution >= 0.6 is 0 Å². The summed E-state index contributed by atoms with van der Waals surface area (Å²) in [7, 11) is 0.